The van der Waals surface area contributed by atoms with Crippen LogP contribution in [0.4, 0.5) is 18.9 Å². The Balaban J connectivity index is 0.000000360. The third kappa shape index (κ3) is 6.11. The molecular formula is C22H22F3N3O4. The van der Waals surface area contributed by atoms with Gasteiger partial charge in [0, 0.05) is 31.4 Å². The number of nitriles is 1. The number of benzene rings is 1. The van der Waals surface area contributed by atoms with Gasteiger partial charge in [0.25, 0.3) is 0 Å². The largest absolute Gasteiger partial charge is 0.490 e. The molecule has 170 valence electrons. The molecular weight excluding hydrogens is 427 g/mol. The van der Waals surface area contributed by atoms with Gasteiger partial charge in [0.2, 0.25) is 0 Å². The Morgan fingerprint density at radius 1 is 1.31 bits per heavy atom. The monoisotopic (exact) mass is 449 g/mol. The molecule has 2 unspecified atom stereocenters. The van der Waals surface area contributed by atoms with Crippen LogP contribution in [0.1, 0.15) is 24.8 Å². The average molecular weight is 449 g/mol. The summed E-state index contributed by atoms with van der Waals surface area (Å²) in [5, 5.41) is 16.1. The normalized spacial score (nSPS) is 22.6. The molecule has 2 aromatic rings. The van der Waals surface area contributed by atoms with E-state index in [2.05, 4.69) is 16.0 Å². The highest BCUT2D eigenvalue weighted by Gasteiger charge is 2.44. The number of aliphatic carboxylic acids is 1. The molecule has 2 aliphatic rings. The van der Waals surface area contributed by atoms with Gasteiger partial charge < -0.3 is 19.5 Å². The zero-order valence-electron chi connectivity index (χ0n) is 17.1. The number of piperidine rings is 1. The standard InChI is InChI=1S/C20H21N3O2.C2HF3O2/c21-12-16-4-6-17(7-5-16)23-10-2-8-20(15-23)11-19(14-24-20)25-18-3-1-9-22-13-18;3-2(4,5)1(6)7/h1,3-7,9,13,19H,2,8,10-11,14-15H2;(H,6,7). The molecule has 0 bridgehead atoms. The van der Waals surface area contributed by atoms with Crippen LogP contribution in [0.25, 0.3) is 0 Å². The molecule has 1 aromatic carbocycles. The van der Waals surface area contributed by atoms with Crippen molar-refractivity contribution in [2.45, 2.75) is 37.1 Å². The number of rotatable bonds is 3. The summed E-state index contributed by atoms with van der Waals surface area (Å²) in [6.07, 6.45) is 1.54. The Morgan fingerprint density at radius 2 is 2.03 bits per heavy atom. The van der Waals surface area contributed by atoms with Crippen molar-refractivity contribution in [2.75, 3.05) is 24.6 Å². The molecule has 7 nitrogen and oxygen atoms in total. The Bertz CT molecular complexity index is 948. The summed E-state index contributed by atoms with van der Waals surface area (Å²) >= 11 is 0. The topological polar surface area (TPSA) is 95.7 Å². The number of pyridine rings is 1. The predicted molar refractivity (Wildman–Crippen MR) is 108 cm³/mol. The fourth-order valence-electron chi connectivity index (χ4n) is 3.84. The van der Waals surface area contributed by atoms with Crippen molar-refractivity contribution < 1.29 is 32.5 Å². The number of carboxylic acid groups (broad SMARTS) is 1. The van der Waals surface area contributed by atoms with Gasteiger partial charge in [0.05, 0.1) is 30.0 Å². The van der Waals surface area contributed by atoms with Gasteiger partial charge in [-0.25, -0.2) is 4.79 Å². The van der Waals surface area contributed by atoms with Crippen molar-refractivity contribution in [3.63, 3.8) is 0 Å². The zero-order chi connectivity index (χ0) is 23.2. The maximum Gasteiger partial charge on any atom is 0.490 e. The highest BCUT2D eigenvalue weighted by Crippen LogP contribution is 2.37. The number of aromatic nitrogens is 1. The number of carbonyl (C=O) groups is 1. The van der Waals surface area contributed by atoms with E-state index in [1.165, 1.54) is 0 Å². The van der Waals surface area contributed by atoms with Crippen molar-refractivity contribution in [2.24, 2.45) is 0 Å². The summed E-state index contributed by atoms with van der Waals surface area (Å²) in [7, 11) is 0. The minimum atomic E-state index is -5.08. The number of hydrogen-bond donors (Lipinski definition) is 1. The van der Waals surface area contributed by atoms with Crippen LogP contribution < -0.4 is 9.64 Å². The van der Waals surface area contributed by atoms with E-state index in [9.17, 15) is 13.2 Å². The number of carboxylic acids is 1. The molecule has 0 radical (unpaired) electrons. The maximum atomic E-state index is 10.6. The van der Waals surface area contributed by atoms with Crippen molar-refractivity contribution in [3.05, 3.63) is 54.4 Å². The Morgan fingerprint density at radius 3 is 2.62 bits per heavy atom. The van der Waals surface area contributed by atoms with E-state index in [1.807, 2.05) is 36.4 Å². The fourth-order valence-corrected chi connectivity index (χ4v) is 3.84. The summed E-state index contributed by atoms with van der Waals surface area (Å²) in [5.41, 5.74) is 1.70. The summed E-state index contributed by atoms with van der Waals surface area (Å²) in [5.74, 6) is -1.96. The van der Waals surface area contributed by atoms with Crippen LogP contribution in [-0.2, 0) is 9.53 Å². The number of hydrogen-bond acceptors (Lipinski definition) is 6. The van der Waals surface area contributed by atoms with Crippen LogP contribution in [-0.4, -0.2) is 53.6 Å². The lowest BCUT2D eigenvalue weighted by Gasteiger charge is -2.40. The van der Waals surface area contributed by atoms with E-state index < -0.39 is 12.1 Å². The SMILES string of the molecule is N#Cc1ccc(N2CCCC3(CC(Oc4cccnc4)CO3)C2)cc1.O=C(O)C(F)(F)F. The number of anilines is 1. The highest BCUT2D eigenvalue weighted by molar-refractivity contribution is 5.73. The first-order chi connectivity index (χ1) is 15.2. The minimum Gasteiger partial charge on any atom is -0.486 e. The average Bonchev–Trinajstić information content (AvgIpc) is 3.15. The molecule has 2 atom stereocenters. The first-order valence-corrected chi connectivity index (χ1v) is 9.97. The molecule has 2 aliphatic heterocycles. The van der Waals surface area contributed by atoms with Crippen LogP contribution in [0.3, 0.4) is 0 Å². The minimum absolute atomic E-state index is 0.0742. The summed E-state index contributed by atoms with van der Waals surface area (Å²) in [4.78, 5) is 15.4. The van der Waals surface area contributed by atoms with Crippen molar-refractivity contribution in [1.82, 2.24) is 4.98 Å². The zero-order valence-corrected chi connectivity index (χ0v) is 17.1. The van der Waals surface area contributed by atoms with E-state index in [-0.39, 0.29) is 11.7 Å². The molecule has 4 rings (SSSR count). The van der Waals surface area contributed by atoms with E-state index in [0.717, 1.165) is 43.8 Å². The smallest absolute Gasteiger partial charge is 0.486 e. The van der Waals surface area contributed by atoms with Gasteiger partial charge in [0.1, 0.15) is 11.9 Å². The van der Waals surface area contributed by atoms with Crippen LogP contribution in [0.2, 0.25) is 0 Å². The second-order valence-corrected chi connectivity index (χ2v) is 7.61. The lowest BCUT2D eigenvalue weighted by Crippen LogP contribution is -2.48. The second kappa shape index (κ2) is 9.87. The van der Waals surface area contributed by atoms with E-state index in [4.69, 9.17) is 24.6 Å². The van der Waals surface area contributed by atoms with Gasteiger partial charge in [-0.05, 0) is 49.2 Å². The van der Waals surface area contributed by atoms with E-state index in [0.29, 0.717) is 12.2 Å². The van der Waals surface area contributed by atoms with Crippen LogP contribution in [0, 0.1) is 11.3 Å². The summed E-state index contributed by atoms with van der Waals surface area (Å²) in [6.45, 7) is 2.51. The van der Waals surface area contributed by atoms with Crippen molar-refractivity contribution >= 4 is 11.7 Å². The number of halogens is 3. The molecule has 1 aromatic heterocycles. The third-order valence-electron chi connectivity index (χ3n) is 5.26. The van der Waals surface area contributed by atoms with E-state index >= 15 is 0 Å². The molecule has 0 aliphatic carbocycles. The second-order valence-electron chi connectivity index (χ2n) is 7.61. The molecule has 0 amide bonds. The third-order valence-corrected chi connectivity index (χ3v) is 5.26. The molecule has 3 heterocycles. The van der Waals surface area contributed by atoms with Gasteiger partial charge in [-0.15, -0.1) is 0 Å². The first-order valence-electron chi connectivity index (χ1n) is 9.97. The fraction of sp³-hybridized carbons (Fsp3) is 0.409. The lowest BCUT2D eigenvalue weighted by atomic mass is 9.89. The maximum absolute atomic E-state index is 10.6. The summed E-state index contributed by atoms with van der Waals surface area (Å²) in [6, 6.07) is 13.8. The number of nitrogens with zero attached hydrogens (tertiary/aromatic N) is 3. The molecule has 2 fully saturated rings. The molecule has 0 saturated carbocycles. The van der Waals surface area contributed by atoms with Gasteiger partial charge in [-0.3, -0.25) is 4.98 Å². The number of alkyl halides is 3. The van der Waals surface area contributed by atoms with Gasteiger partial charge in [-0.1, -0.05) is 0 Å². The molecule has 32 heavy (non-hydrogen) atoms. The molecule has 1 spiro atoms. The summed E-state index contributed by atoms with van der Waals surface area (Å²) < 4.78 is 44.0. The van der Waals surface area contributed by atoms with Crippen LogP contribution in [0.5, 0.6) is 5.75 Å². The van der Waals surface area contributed by atoms with Crippen LogP contribution in [0.15, 0.2) is 48.8 Å². The van der Waals surface area contributed by atoms with Gasteiger partial charge >= 0.3 is 12.1 Å². The first kappa shape index (κ1) is 23.3. The van der Waals surface area contributed by atoms with Crippen molar-refractivity contribution in [1.29, 1.82) is 5.26 Å². The predicted octanol–water partition coefficient (Wildman–Crippen LogP) is 3.79. The van der Waals surface area contributed by atoms with E-state index in [1.54, 1.807) is 12.4 Å². The quantitative estimate of drug-likeness (QED) is 0.762. The van der Waals surface area contributed by atoms with Crippen molar-refractivity contribution in [3.8, 4) is 11.8 Å². The lowest BCUT2D eigenvalue weighted by molar-refractivity contribution is -0.192. The Hall–Kier alpha value is -3.32. The highest BCUT2D eigenvalue weighted by atomic mass is 19.4. The van der Waals surface area contributed by atoms with Gasteiger partial charge in [-0.2, -0.15) is 18.4 Å². The molecule has 10 heteroatoms. The molecule has 2 saturated heterocycles. The van der Waals surface area contributed by atoms with Gasteiger partial charge in [0.15, 0.2) is 0 Å². The molecule has 1 N–H and O–H groups in total. The Labute approximate surface area is 183 Å². The Kier molecular flexibility index (Phi) is 7.20. The number of ether oxygens (including phenoxy) is 2. The van der Waals surface area contributed by atoms with Crippen LogP contribution >= 0.6 is 0 Å².